The lowest BCUT2D eigenvalue weighted by Gasteiger charge is -2.04. The maximum Gasteiger partial charge on any atom is 0.287 e. The fourth-order valence-corrected chi connectivity index (χ4v) is 5.39. The van der Waals surface area contributed by atoms with Gasteiger partial charge in [-0.25, -0.2) is 9.97 Å². The molecular weight excluding hydrogens is 410 g/mol. The van der Waals surface area contributed by atoms with E-state index < -0.39 is 0 Å². The van der Waals surface area contributed by atoms with Crippen molar-refractivity contribution in [1.29, 1.82) is 0 Å². The Morgan fingerprint density at radius 1 is 1.18 bits per heavy atom. The Bertz CT molecular complexity index is 1110. The number of aryl methyl sites for hydroxylation is 2. The van der Waals surface area contributed by atoms with Gasteiger partial charge in [-0.3, -0.25) is 4.79 Å². The predicted octanol–water partition coefficient (Wildman–Crippen LogP) is 5.23. The van der Waals surface area contributed by atoms with Gasteiger partial charge in [-0.15, -0.1) is 22.7 Å². The third-order valence-corrected chi connectivity index (χ3v) is 7.16. The number of nitrogens with zero attached hydrogens (tertiary/aromatic N) is 2. The first-order valence-corrected chi connectivity index (χ1v) is 11.6. The lowest BCUT2D eigenvalue weighted by molar-refractivity contribution is 0.0927. The van der Waals surface area contributed by atoms with E-state index >= 15 is 0 Å². The van der Waals surface area contributed by atoms with Gasteiger partial charge in [0, 0.05) is 46.1 Å². The standard InChI is InChI=1S/C20H19N3O2S3/c1-12-9-27-20(22-12)28-11-16-15-5-3-4-6-17(15)25-18(16)19(24)21-8-7-14-10-26-13(2)23-14/h3-6,9-10H,7-8,11H2,1-2H3,(H,21,24). The van der Waals surface area contributed by atoms with Gasteiger partial charge in [0.05, 0.1) is 10.7 Å². The zero-order valence-electron chi connectivity index (χ0n) is 15.5. The van der Waals surface area contributed by atoms with E-state index in [2.05, 4.69) is 15.3 Å². The van der Waals surface area contributed by atoms with Gasteiger partial charge in [0.25, 0.3) is 5.91 Å². The Morgan fingerprint density at radius 3 is 2.79 bits per heavy atom. The van der Waals surface area contributed by atoms with E-state index in [1.165, 1.54) is 0 Å². The Kier molecular flexibility index (Phi) is 5.79. The second-order valence-electron chi connectivity index (χ2n) is 6.31. The highest BCUT2D eigenvalue weighted by molar-refractivity contribution is 8.00. The van der Waals surface area contributed by atoms with Crippen molar-refractivity contribution in [2.75, 3.05) is 6.54 Å². The molecule has 0 aliphatic carbocycles. The molecule has 5 nitrogen and oxygen atoms in total. The molecule has 0 unspecified atom stereocenters. The van der Waals surface area contributed by atoms with Crippen LogP contribution in [0.2, 0.25) is 0 Å². The molecule has 0 aliphatic rings. The maximum absolute atomic E-state index is 12.8. The minimum Gasteiger partial charge on any atom is -0.451 e. The van der Waals surface area contributed by atoms with Crippen molar-refractivity contribution in [3.63, 3.8) is 0 Å². The molecule has 0 saturated carbocycles. The summed E-state index contributed by atoms with van der Waals surface area (Å²) >= 11 is 4.87. The van der Waals surface area contributed by atoms with Crippen LogP contribution in [0, 0.1) is 13.8 Å². The second-order valence-corrected chi connectivity index (χ2v) is 9.46. The molecule has 0 spiro atoms. The number of thiazole rings is 2. The summed E-state index contributed by atoms with van der Waals surface area (Å²) in [5.41, 5.74) is 3.66. The second kappa shape index (κ2) is 8.46. The number of thioether (sulfide) groups is 1. The van der Waals surface area contributed by atoms with Gasteiger partial charge in [-0.1, -0.05) is 30.0 Å². The average molecular weight is 430 g/mol. The lowest BCUT2D eigenvalue weighted by Crippen LogP contribution is -2.26. The SMILES string of the molecule is Cc1csc(SCc2c(C(=O)NCCc3csc(C)n3)oc3ccccc23)n1. The van der Waals surface area contributed by atoms with Crippen LogP contribution in [0.25, 0.3) is 11.0 Å². The van der Waals surface area contributed by atoms with Crippen molar-refractivity contribution in [2.45, 2.75) is 30.4 Å². The molecule has 1 amide bonds. The van der Waals surface area contributed by atoms with Crippen molar-refractivity contribution in [3.8, 4) is 0 Å². The van der Waals surface area contributed by atoms with Gasteiger partial charge >= 0.3 is 0 Å². The fraction of sp³-hybridized carbons (Fsp3) is 0.250. The van der Waals surface area contributed by atoms with Crippen LogP contribution in [-0.4, -0.2) is 22.4 Å². The van der Waals surface area contributed by atoms with Crippen molar-refractivity contribution in [3.05, 3.63) is 62.7 Å². The minimum atomic E-state index is -0.186. The number of rotatable bonds is 7. The third kappa shape index (κ3) is 4.29. The van der Waals surface area contributed by atoms with Gasteiger partial charge in [-0.2, -0.15) is 0 Å². The molecule has 4 rings (SSSR count). The van der Waals surface area contributed by atoms with Crippen LogP contribution in [0.4, 0.5) is 0 Å². The predicted molar refractivity (Wildman–Crippen MR) is 116 cm³/mol. The smallest absolute Gasteiger partial charge is 0.287 e. The van der Waals surface area contributed by atoms with Crippen molar-refractivity contribution in [2.24, 2.45) is 0 Å². The number of carbonyl (C=O) groups excluding carboxylic acids is 1. The number of nitrogens with one attached hydrogen (secondary N) is 1. The van der Waals surface area contributed by atoms with Gasteiger partial charge in [0.15, 0.2) is 5.76 Å². The van der Waals surface area contributed by atoms with E-state index in [-0.39, 0.29) is 5.91 Å². The molecule has 8 heteroatoms. The molecule has 0 saturated heterocycles. The lowest BCUT2D eigenvalue weighted by atomic mass is 10.1. The van der Waals surface area contributed by atoms with Gasteiger partial charge in [0.2, 0.25) is 0 Å². The van der Waals surface area contributed by atoms with E-state index in [9.17, 15) is 4.79 Å². The fourth-order valence-electron chi connectivity index (χ4n) is 2.87. The molecule has 1 aromatic carbocycles. The maximum atomic E-state index is 12.8. The first-order chi connectivity index (χ1) is 13.6. The molecular formula is C20H19N3O2S3. The number of fused-ring (bicyclic) bond motifs is 1. The highest BCUT2D eigenvalue weighted by Crippen LogP contribution is 2.33. The topological polar surface area (TPSA) is 68.0 Å². The molecule has 0 fully saturated rings. The van der Waals surface area contributed by atoms with E-state index in [0.29, 0.717) is 24.5 Å². The Morgan fingerprint density at radius 2 is 2.04 bits per heavy atom. The number of aromatic nitrogens is 2. The summed E-state index contributed by atoms with van der Waals surface area (Å²) in [6.07, 6.45) is 0.707. The first kappa shape index (κ1) is 19.2. The van der Waals surface area contributed by atoms with Crippen molar-refractivity contribution >= 4 is 51.3 Å². The van der Waals surface area contributed by atoms with Crippen LogP contribution < -0.4 is 5.32 Å². The van der Waals surface area contributed by atoms with Gasteiger partial charge < -0.3 is 9.73 Å². The van der Waals surface area contributed by atoms with E-state index in [1.54, 1.807) is 34.4 Å². The minimum absolute atomic E-state index is 0.186. The van der Waals surface area contributed by atoms with Crippen molar-refractivity contribution in [1.82, 2.24) is 15.3 Å². The van der Waals surface area contributed by atoms with E-state index in [4.69, 9.17) is 4.42 Å². The number of hydrogen-bond acceptors (Lipinski definition) is 7. The molecule has 144 valence electrons. The number of amides is 1. The van der Waals surface area contributed by atoms with Crippen molar-refractivity contribution < 1.29 is 9.21 Å². The van der Waals surface area contributed by atoms with Crippen LogP contribution in [-0.2, 0) is 12.2 Å². The molecule has 1 N–H and O–H groups in total. The van der Waals surface area contributed by atoms with Gasteiger partial charge in [-0.05, 0) is 19.9 Å². The zero-order chi connectivity index (χ0) is 19.5. The first-order valence-electron chi connectivity index (χ1n) is 8.84. The van der Waals surface area contributed by atoms with Crippen LogP contribution >= 0.6 is 34.4 Å². The van der Waals surface area contributed by atoms with Gasteiger partial charge in [0.1, 0.15) is 9.92 Å². The Hall–Kier alpha value is -2.16. The number of para-hydroxylation sites is 1. The summed E-state index contributed by atoms with van der Waals surface area (Å²) in [5.74, 6) is 0.836. The molecule has 3 heterocycles. The number of hydrogen-bond donors (Lipinski definition) is 1. The molecule has 0 radical (unpaired) electrons. The average Bonchev–Trinajstić information content (AvgIpc) is 3.38. The highest BCUT2D eigenvalue weighted by Gasteiger charge is 2.20. The number of benzene rings is 1. The Labute approximate surface area is 175 Å². The summed E-state index contributed by atoms with van der Waals surface area (Å²) in [7, 11) is 0. The zero-order valence-corrected chi connectivity index (χ0v) is 18.0. The summed E-state index contributed by atoms with van der Waals surface area (Å²) in [5, 5.41) is 9.04. The largest absolute Gasteiger partial charge is 0.451 e. The van der Waals surface area contributed by atoms with E-state index in [1.807, 2.05) is 48.9 Å². The monoisotopic (exact) mass is 429 g/mol. The van der Waals surface area contributed by atoms with E-state index in [0.717, 1.165) is 37.3 Å². The summed E-state index contributed by atoms with van der Waals surface area (Å²) < 4.78 is 6.90. The van der Waals surface area contributed by atoms with Crippen LogP contribution in [0.5, 0.6) is 0 Å². The number of furan rings is 1. The number of carbonyl (C=O) groups is 1. The highest BCUT2D eigenvalue weighted by atomic mass is 32.2. The normalized spacial score (nSPS) is 11.2. The van der Waals surface area contributed by atoms with Crippen LogP contribution in [0.15, 0.2) is 43.8 Å². The Balaban J connectivity index is 1.50. The molecule has 0 atom stereocenters. The molecule has 4 aromatic rings. The molecule has 28 heavy (non-hydrogen) atoms. The molecule has 3 aromatic heterocycles. The molecule has 0 aliphatic heterocycles. The third-order valence-electron chi connectivity index (χ3n) is 4.18. The summed E-state index contributed by atoms with van der Waals surface area (Å²) in [6.45, 7) is 4.49. The van der Waals surface area contributed by atoms with Crippen LogP contribution in [0.3, 0.4) is 0 Å². The molecule has 0 bridgehead atoms. The summed E-state index contributed by atoms with van der Waals surface area (Å²) in [4.78, 5) is 21.7. The quantitative estimate of drug-likeness (QED) is 0.408. The van der Waals surface area contributed by atoms with Crippen LogP contribution in [0.1, 0.15) is 32.5 Å². The summed E-state index contributed by atoms with van der Waals surface area (Å²) in [6, 6.07) is 7.77.